The van der Waals surface area contributed by atoms with E-state index in [1.54, 1.807) is 0 Å². The summed E-state index contributed by atoms with van der Waals surface area (Å²) in [5, 5.41) is 10.6. The van der Waals surface area contributed by atoms with Crippen LogP contribution >= 0.6 is 12.6 Å². The Morgan fingerprint density at radius 1 is 1.21 bits per heavy atom. The van der Waals surface area contributed by atoms with Gasteiger partial charge in [-0.25, -0.2) is 0 Å². The molecule has 1 saturated carbocycles. The summed E-state index contributed by atoms with van der Waals surface area (Å²) in [5.74, 6) is 0. The summed E-state index contributed by atoms with van der Waals surface area (Å²) in [5.41, 5.74) is 0.308. The lowest BCUT2D eigenvalue weighted by molar-refractivity contribution is 0.00676. The molecule has 2 unspecified atom stereocenters. The molecule has 2 rings (SSSR count). The lowest BCUT2D eigenvalue weighted by atomic mass is 9.79. The summed E-state index contributed by atoms with van der Waals surface area (Å²) in [6.07, 6.45) is 4.13. The van der Waals surface area contributed by atoms with Crippen molar-refractivity contribution in [1.29, 1.82) is 0 Å². The molecule has 1 nitrogen and oxygen atoms in total. The molecule has 1 aromatic rings. The first-order chi connectivity index (χ1) is 6.73. The number of rotatable bonds is 1. The van der Waals surface area contributed by atoms with Crippen LogP contribution in [0.5, 0.6) is 0 Å². The minimum absolute atomic E-state index is 0.0821. The van der Waals surface area contributed by atoms with E-state index in [1.165, 1.54) is 6.42 Å². The molecule has 2 heteroatoms. The Labute approximate surface area is 90.6 Å². The average molecular weight is 208 g/mol. The van der Waals surface area contributed by atoms with Gasteiger partial charge in [0.15, 0.2) is 0 Å². The largest absolute Gasteiger partial charge is 0.384 e. The van der Waals surface area contributed by atoms with Gasteiger partial charge in [-0.15, -0.1) is 0 Å². The second-order valence-corrected chi connectivity index (χ2v) is 4.68. The van der Waals surface area contributed by atoms with E-state index in [-0.39, 0.29) is 5.25 Å². The van der Waals surface area contributed by atoms with Gasteiger partial charge < -0.3 is 5.11 Å². The van der Waals surface area contributed by atoms with Gasteiger partial charge in [0, 0.05) is 5.25 Å². The van der Waals surface area contributed by atoms with Crippen molar-refractivity contribution in [1.82, 2.24) is 0 Å². The third-order valence-corrected chi connectivity index (χ3v) is 3.80. The van der Waals surface area contributed by atoms with E-state index in [1.807, 2.05) is 30.3 Å². The molecule has 0 heterocycles. The molecule has 1 fully saturated rings. The third-order valence-electron chi connectivity index (χ3n) is 3.11. The molecule has 2 atom stereocenters. The SMILES string of the molecule is OC1(c2ccccc2)CCCCC1S. The van der Waals surface area contributed by atoms with E-state index in [9.17, 15) is 5.11 Å². The number of hydrogen-bond acceptors (Lipinski definition) is 2. The Kier molecular flexibility index (Phi) is 2.84. The first kappa shape index (κ1) is 10.1. The normalized spacial score (nSPS) is 32.9. The standard InChI is InChI=1S/C12H16OS/c13-12(9-5-4-8-11(12)14)10-6-2-1-3-7-10/h1-3,6-7,11,13-14H,4-5,8-9H2. The van der Waals surface area contributed by atoms with Crippen molar-refractivity contribution in [2.75, 3.05) is 0 Å². The van der Waals surface area contributed by atoms with Crippen molar-refractivity contribution >= 4 is 12.6 Å². The van der Waals surface area contributed by atoms with Crippen LogP contribution in [0, 0.1) is 0 Å². The molecule has 1 aliphatic rings. The molecule has 0 aromatic heterocycles. The Hall–Kier alpha value is -0.470. The molecule has 0 aliphatic heterocycles. The lowest BCUT2D eigenvalue weighted by Crippen LogP contribution is -2.38. The summed E-state index contributed by atoms with van der Waals surface area (Å²) >= 11 is 4.50. The molecule has 14 heavy (non-hydrogen) atoms. The van der Waals surface area contributed by atoms with Gasteiger partial charge in [-0.2, -0.15) is 12.6 Å². The van der Waals surface area contributed by atoms with Crippen LogP contribution in [-0.4, -0.2) is 10.4 Å². The number of thiol groups is 1. The van der Waals surface area contributed by atoms with Gasteiger partial charge in [0.25, 0.3) is 0 Å². The molecule has 0 bridgehead atoms. The fraction of sp³-hybridized carbons (Fsp3) is 0.500. The maximum atomic E-state index is 10.5. The zero-order valence-electron chi connectivity index (χ0n) is 8.19. The zero-order chi connectivity index (χ0) is 10.0. The molecule has 1 aromatic carbocycles. The molecule has 0 amide bonds. The van der Waals surface area contributed by atoms with Crippen LogP contribution in [0.1, 0.15) is 31.2 Å². The first-order valence-electron chi connectivity index (χ1n) is 5.19. The van der Waals surface area contributed by atoms with E-state index in [0.29, 0.717) is 0 Å². The molecule has 1 aliphatic carbocycles. The quantitative estimate of drug-likeness (QED) is 0.680. The van der Waals surface area contributed by atoms with Crippen molar-refractivity contribution in [2.24, 2.45) is 0 Å². The van der Waals surface area contributed by atoms with E-state index >= 15 is 0 Å². The van der Waals surface area contributed by atoms with Gasteiger partial charge in [0.2, 0.25) is 0 Å². The van der Waals surface area contributed by atoms with E-state index in [4.69, 9.17) is 0 Å². The molecule has 0 spiro atoms. The molecule has 1 N–H and O–H groups in total. The van der Waals surface area contributed by atoms with Gasteiger partial charge in [0.05, 0.1) is 0 Å². The van der Waals surface area contributed by atoms with E-state index in [2.05, 4.69) is 12.6 Å². The minimum Gasteiger partial charge on any atom is -0.384 e. The van der Waals surface area contributed by atoms with Gasteiger partial charge in [-0.3, -0.25) is 0 Å². The van der Waals surface area contributed by atoms with Crippen LogP contribution in [0.4, 0.5) is 0 Å². The van der Waals surface area contributed by atoms with Crippen LogP contribution in [-0.2, 0) is 5.60 Å². The predicted molar refractivity (Wildman–Crippen MR) is 61.6 cm³/mol. The molecule has 0 radical (unpaired) electrons. The highest BCUT2D eigenvalue weighted by atomic mass is 32.1. The van der Waals surface area contributed by atoms with Gasteiger partial charge in [0.1, 0.15) is 5.60 Å². The van der Waals surface area contributed by atoms with Crippen molar-refractivity contribution < 1.29 is 5.11 Å². The summed E-state index contributed by atoms with van der Waals surface area (Å²) in [6.45, 7) is 0. The summed E-state index contributed by atoms with van der Waals surface area (Å²) in [7, 11) is 0. The maximum Gasteiger partial charge on any atom is 0.101 e. The van der Waals surface area contributed by atoms with Crippen LogP contribution in [0.15, 0.2) is 30.3 Å². The van der Waals surface area contributed by atoms with Crippen LogP contribution in [0.3, 0.4) is 0 Å². The Morgan fingerprint density at radius 2 is 1.93 bits per heavy atom. The monoisotopic (exact) mass is 208 g/mol. The highest BCUT2D eigenvalue weighted by molar-refractivity contribution is 7.81. The van der Waals surface area contributed by atoms with Crippen LogP contribution in [0.25, 0.3) is 0 Å². The summed E-state index contributed by atoms with van der Waals surface area (Å²) in [6, 6.07) is 9.91. The molecular formula is C12H16OS. The Bertz CT molecular complexity index is 298. The smallest absolute Gasteiger partial charge is 0.101 e. The number of benzene rings is 1. The number of aliphatic hydroxyl groups is 1. The van der Waals surface area contributed by atoms with E-state index < -0.39 is 5.60 Å². The number of hydrogen-bond donors (Lipinski definition) is 2. The zero-order valence-corrected chi connectivity index (χ0v) is 9.08. The second-order valence-electron chi connectivity index (χ2n) is 4.05. The van der Waals surface area contributed by atoms with Crippen LogP contribution in [0.2, 0.25) is 0 Å². The first-order valence-corrected chi connectivity index (χ1v) is 5.71. The second kappa shape index (κ2) is 3.95. The highest BCUT2D eigenvalue weighted by Gasteiger charge is 2.37. The summed E-state index contributed by atoms with van der Waals surface area (Å²) < 4.78 is 0. The fourth-order valence-electron chi connectivity index (χ4n) is 2.20. The Morgan fingerprint density at radius 3 is 2.57 bits per heavy atom. The fourth-order valence-corrected chi connectivity index (χ4v) is 2.66. The minimum atomic E-state index is -0.706. The molecule has 0 saturated heterocycles. The third kappa shape index (κ3) is 1.69. The molecule has 76 valence electrons. The topological polar surface area (TPSA) is 20.2 Å². The van der Waals surface area contributed by atoms with E-state index in [0.717, 1.165) is 24.8 Å². The highest BCUT2D eigenvalue weighted by Crippen LogP contribution is 2.39. The summed E-state index contributed by atoms with van der Waals surface area (Å²) in [4.78, 5) is 0. The van der Waals surface area contributed by atoms with Gasteiger partial charge >= 0.3 is 0 Å². The molecular weight excluding hydrogens is 192 g/mol. The van der Waals surface area contributed by atoms with Crippen molar-refractivity contribution in [3.63, 3.8) is 0 Å². The van der Waals surface area contributed by atoms with Crippen molar-refractivity contribution in [2.45, 2.75) is 36.5 Å². The predicted octanol–water partition coefficient (Wildman–Crippen LogP) is 2.75. The van der Waals surface area contributed by atoms with Crippen molar-refractivity contribution in [3.05, 3.63) is 35.9 Å². The van der Waals surface area contributed by atoms with Gasteiger partial charge in [-0.1, -0.05) is 43.2 Å². The Balaban J connectivity index is 2.30. The lowest BCUT2D eigenvalue weighted by Gasteiger charge is -2.37. The average Bonchev–Trinajstić information content (AvgIpc) is 2.24. The van der Waals surface area contributed by atoms with Gasteiger partial charge in [-0.05, 0) is 18.4 Å². The van der Waals surface area contributed by atoms with Crippen LogP contribution < -0.4 is 0 Å². The van der Waals surface area contributed by atoms with Crippen molar-refractivity contribution in [3.8, 4) is 0 Å². The maximum absolute atomic E-state index is 10.5.